The summed E-state index contributed by atoms with van der Waals surface area (Å²) in [5, 5.41) is 14.8. The minimum atomic E-state index is -3.83. The molecule has 158 valence electrons. The number of nitrogens with zero attached hydrogens (tertiary/aromatic N) is 3. The molecule has 0 saturated carbocycles. The maximum atomic E-state index is 12.1. The highest BCUT2D eigenvalue weighted by Crippen LogP contribution is 2.35. The number of ether oxygens (including phenoxy) is 1. The van der Waals surface area contributed by atoms with E-state index in [2.05, 4.69) is 15.0 Å². The third-order valence-corrected chi connectivity index (χ3v) is 6.02. The number of methoxy groups -OCH3 is 1. The summed E-state index contributed by atoms with van der Waals surface area (Å²) >= 11 is 0. The molecule has 0 aliphatic heterocycles. The van der Waals surface area contributed by atoms with Gasteiger partial charge in [0.2, 0.25) is 10.0 Å². The Morgan fingerprint density at radius 3 is 2.57 bits per heavy atom. The fraction of sp³-hybridized carbons (Fsp3) is 0.211. The van der Waals surface area contributed by atoms with E-state index in [4.69, 9.17) is 4.74 Å². The van der Waals surface area contributed by atoms with Gasteiger partial charge in [-0.3, -0.25) is 10.1 Å². The van der Waals surface area contributed by atoms with Gasteiger partial charge in [-0.2, -0.15) is 0 Å². The number of nitro benzene ring substituents is 1. The molecule has 3 rings (SSSR count). The Kier molecular flexibility index (Phi) is 6.04. The fourth-order valence-electron chi connectivity index (χ4n) is 3.07. The monoisotopic (exact) mass is 431 g/mol. The second kappa shape index (κ2) is 8.51. The lowest BCUT2D eigenvalue weighted by atomic mass is 10.0. The van der Waals surface area contributed by atoms with E-state index in [1.54, 1.807) is 23.0 Å². The minimum absolute atomic E-state index is 0.147. The number of hydrogen-bond donors (Lipinski definition) is 2. The van der Waals surface area contributed by atoms with Gasteiger partial charge in [-0.25, -0.2) is 18.1 Å². The van der Waals surface area contributed by atoms with E-state index in [-0.39, 0.29) is 16.3 Å². The summed E-state index contributed by atoms with van der Waals surface area (Å²) in [4.78, 5) is 15.2. The highest BCUT2D eigenvalue weighted by molar-refractivity contribution is 7.89. The zero-order valence-electron chi connectivity index (χ0n) is 16.6. The van der Waals surface area contributed by atoms with Gasteiger partial charge in [-0.1, -0.05) is 18.2 Å². The van der Waals surface area contributed by atoms with Crippen LogP contribution in [-0.2, 0) is 17.1 Å². The van der Waals surface area contributed by atoms with E-state index < -0.39 is 21.0 Å². The lowest BCUT2D eigenvalue weighted by molar-refractivity contribution is -0.384. The number of anilines is 1. The van der Waals surface area contributed by atoms with Crippen molar-refractivity contribution in [2.75, 3.05) is 19.5 Å². The number of imidazole rings is 1. The highest BCUT2D eigenvalue weighted by Gasteiger charge is 2.26. The van der Waals surface area contributed by atoms with Crippen molar-refractivity contribution in [2.24, 2.45) is 7.05 Å². The average Bonchev–Trinajstić information content (AvgIpc) is 3.17. The fourth-order valence-corrected chi connectivity index (χ4v) is 3.82. The highest BCUT2D eigenvalue weighted by atomic mass is 32.2. The lowest BCUT2D eigenvalue weighted by Gasteiger charge is -2.22. The van der Waals surface area contributed by atoms with Crippen molar-refractivity contribution in [1.82, 2.24) is 14.3 Å². The Hall–Kier alpha value is -3.44. The summed E-state index contributed by atoms with van der Waals surface area (Å²) in [6.07, 6.45) is 3.38. The summed E-state index contributed by atoms with van der Waals surface area (Å²) in [5.41, 5.74) is 0.491. The van der Waals surface area contributed by atoms with Crippen LogP contribution in [0.3, 0.4) is 0 Å². The second-order valence-corrected chi connectivity index (χ2v) is 8.25. The van der Waals surface area contributed by atoms with Gasteiger partial charge >= 0.3 is 0 Å². The quantitative estimate of drug-likeness (QED) is 0.414. The number of hydrogen-bond acceptors (Lipinski definition) is 7. The number of rotatable bonds is 8. The van der Waals surface area contributed by atoms with Gasteiger partial charge in [-0.15, -0.1) is 0 Å². The smallest absolute Gasteiger partial charge is 0.293 e. The van der Waals surface area contributed by atoms with Crippen molar-refractivity contribution >= 4 is 21.4 Å². The molecule has 0 spiro atoms. The predicted molar refractivity (Wildman–Crippen MR) is 111 cm³/mol. The van der Waals surface area contributed by atoms with Crippen molar-refractivity contribution < 1.29 is 18.1 Å². The van der Waals surface area contributed by atoms with Gasteiger partial charge in [0, 0.05) is 31.1 Å². The molecule has 0 radical (unpaired) electrons. The summed E-state index contributed by atoms with van der Waals surface area (Å²) in [6.45, 7) is 0. The zero-order valence-corrected chi connectivity index (χ0v) is 17.4. The van der Waals surface area contributed by atoms with Crippen LogP contribution >= 0.6 is 0 Å². The molecule has 1 atom stereocenters. The first-order chi connectivity index (χ1) is 14.3. The Morgan fingerprint density at radius 1 is 1.23 bits per heavy atom. The van der Waals surface area contributed by atoms with Crippen LogP contribution in [0.25, 0.3) is 0 Å². The van der Waals surface area contributed by atoms with Crippen LogP contribution in [0.4, 0.5) is 11.4 Å². The molecule has 10 nitrogen and oxygen atoms in total. The molecule has 0 aliphatic carbocycles. The first kappa shape index (κ1) is 21.3. The molecule has 0 saturated heterocycles. The van der Waals surface area contributed by atoms with E-state index >= 15 is 0 Å². The Labute approximate surface area is 173 Å². The molecule has 0 amide bonds. The first-order valence-electron chi connectivity index (χ1n) is 8.87. The molecule has 11 heteroatoms. The minimum Gasteiger partial charge on any atom is -0.496 e. The predicted octanol–water partition coefficient (Wildman–Crippen LogP) is 2.45. The maximum Gasteiger partial charge on any atom is 0.293 e. The van der Waals surface area contributed by atoms with E-state index in [9.17, 15) is 18.5 Å². The normalized spacial score (nSPS) is 12.4. The third-order valence-electron chi connectivity index (χ3n) is 4.61. The van der Waals surface area contributed by atoms with E-state index in [1.165, 1.54) is 26.3 Å². The number of aryl methyl sites for hydroxylation is 1. The molecular formula is C19H21N5O5S. The largest absolute Gasteiger partial charge is 0.496 e. The molecule has 30 heavy (non-hydrogen) atoms. The van der Waals surface area contributed by atoms with Gasteiger partial charge < -0.3 is 14.6 Å². The molecule has 1 heterocycles. The molecule has 0 unspecified atom stereocenters. The van der Waals surface area contributed by atoms with Crippen molar-refractivity contribution in [3.05, 3.63) is 76.4 Å². The number of benzene rings is 2. The zero-order chi connectivity index (χ0) is 21.9. The van der Waals surface area contributed by atoms with Crippen LogP contribution in [0.1, 0.15) is 17.4 Å². The van der Waals surface area contributed by atoms with Gasteiger partial charge in [0.1, 0.15) is 23.3 Å². The van der Waals surface area contributed by atoms with Crippen molar-refractivity contribution in [2.45, 2.75) is 10.9 Å². The summed E-state index contributed by atoms with van der Waals surface area (Å²) < 4.78 is 33.5. The SMILES string of the molecule is CNS(=O)(=O)c1ccc(N[C@@H](c2ccccc2OC)c2nccn2C)c([N+](=O)[O-])c1. The number of nitro groups is 1. The molecule has 2 aromatic carbocycles. The van der Waals surface area contributed by atoms with E-state index in [0.29, 0.717) is 11.6 Å². The Morgan fingerprint density at radius 2 is 1.97 bits per heavy atom. The molecule has 2 N–H and O–H groups in total. The molecule has 0 fully saturated rings. The first-order valence-corrected chi connectivity index (χ1v) is 10.4. The molecule has 3 aromatic rings. The van der Waals surface area contributed by atoms with Gasteiger partial charge in [-0.05, 0) is 25.2 Å². The summed E-state index contributed by atoms with van der Waals surface area (Å²) in [6, 6.07) is 10.4. The summed E-state index contributed by atoms with van der Waals surface area (Å²) in [7, 11) is 0.756. The lowest BCUT2D eigenvalue weighted by Crippen LogP contribution is -2.20. The van der Waals surface area contributed by atoms with Crippen LogP contribution in [0.5, 0.6) is 5.75 Å². The molecule has 0 bridgehead atoms. The topological polar surface area (TPSA) is 128 Å². The van der Waals surface area contributed by atoms with Gasteiger partial charge in [0.25, 0.3) is 5.69 Å². The van der Waals surface area contributed by atoms with Crippen LogP contribution in [0, 0.1) is 10.1 Å². The van der Waals surface area contributed by atoms with Crippen LogP contribution < -0.4 is 14.8 Å². The number of para-hydroxylation sites is 1. The molecular weight excluding hydrogens is 410 g/mol. The molecule has 0 aliphatic rings. The number of aromatic nitrogens is 2. The number of nitrogens with one attached hydrogen (secondary N) is 2. The van der Waals surface area contributed by atoms with Gasteiger partial charge in [0.15, 0.2) is 0 Å². The van der Waals surface area contributed by atoms with Crippen LogP contribution in [0.15, 0.2) is 59.8 Å². The molecule has 1 aromatic heterocycles. The van der Waals surface area contributed by atoms with Gasteiger partial charge in [0.05, 0.1) is 16.9 Å². The maximum absolute atomic E-state index is 12.1. The summed E-state index contributed by atoms with van der Waals surface area (Å²) in [5.74, 6) is 1.18. The Balaban J connectivity index is 2.14. The standard InChI is InChI=1S/C19H21N5O5S/c1-20-30(27,28)13-8-9-15(16(12-13)24(25)26)22-18(19-21-10-11-23(19)2)14-6-4-5-7-17(14)29-3/h4-12,18,20,22H,1-3H3/t18-/m0/s1. The third kappa shape index (κ3) is 4.11. The van der Waals surface area contributed by atoms with Crippen molar-refractivity contribution in [3.63, 3.8) is 0 Å². The Bertz CT molecular complexity index is 1180. The number of sulfonamides is 1. The second-order valence-electron chi connectivity index (χ2n) is 6.36. The van der Waals surface area contributed by atoms with Crippen molar-refractivity contribution in [3.8, 4) is 5.75 Å². The van der Waals surface area contributed by atoms with Crippen LogP contribution in [0.2, 0.25) is 0 Å². The average molecular weight is 431 g/mol. The van der Waals surface area contributed by atoms with E-state index in [0.717, 1.165) is 11.6 Å². The van der Waals surface area contributed by atoms with Crippen LogP contribution in [-0.4, -0.2) is 37.0 Å². The van der Waals surface area contributed by atoms with E-state index in [1.807, 2.05) is 25.2 Å². The van der Waals surface area contributed by atoms with Crippen molar-refractivity contribution in [1.29, 1.82) is 0 Å².